The highest BCUT2D eigenvalue weighted by Gasteiger charge is 2.24. The van der Waals surface area contributed by atoms with Gasteiger partial charge in [0.05, 0.1) is 23.7 Å². The molecule has 2 rings (SSSR count). The van der Waals surface area contributed by atoms with Crippen molar-refractivity contribution in [3.63, 3.8) is 0 Å². The second-order valence-corrected chi connectivity index (χ2v) is 4.45. The van der Waals surface area contributed by atoms with Gasteiger partial charge in [-0.25, -0.2) is 9.78 Å². The van der Waals surface area contributed by atoms with E-state index in [4.69, 9.17) is 10.5 Å². The summed E-state index contributed by atoms with van der Waals surface area (Å²) in [6, 6.07) is 0. The number of aryl methyl sites for hydroxylation is 3. The molecule has 0 spiro atoms. The van der Waals surface area contributed by atoms with Gasteiger partial charge in [-0.1, -0.05) is 6.92 Å². The first-order valence-electron chi connectivity index (χ1n) is 6.57. The van der Waals surface area contributed by atoms with E-state index in [1.807, 2.05) is 20.8 Å². The molecule has 0 saturated carbocycles. The Hall–Kier alpha value is -2.31. The Morgan fingerprint density at radius 2 is 2.10 bits per heavy atom. The number of aromatic amines is 1. The minimum Gasteiger partial charge on any atom is -0.461 e. The largest absolute Gasteiger partial charge is 0.461 e. The third-order valence-corrected chi connectivity index (χ3v) is 3.08. The van der Waals surface area contributed by atoms with Crippen LogP contribution >= 0.6 is 0 Å². The van der Waals surface area contributed by atoms with Crippen LogP contribution in [-0.2, 0) is 11.2 Å². The van der Waals surface area contributed by atoms with E-state index in [2.05, 4.69) is 15.2 Å². The smallest absolute Gasteiger partial charge is 0.360 e. The molecule has 2 heterocycles. The van der Waals surface area contributed by atoms with Crippen LogP contribution in [0.5, 0.6) is 0 Å². The minimum absolute atomic E-state index is 0.156. The molecule has 0 fully saturated rings. The number of nitrogen functional groups attached to an aromatic ring is 1. The molecule has 7 heteroatoms. The summed E-state index contributed by atoms with van der Waals surface area (Å²) in [6.07, 6.45) is 0.646. The van der Waals surface area contributed by atoms with Crippen LogP contribution < -0.4 is 5.73 Å². The molecular weight excluding hydrogens is 258 g/mol. The lowest BCUT2D eigenvalue weighted by Gasteiger charge is -2.08. The van der Waals surface area contributed by atoms with Gasteiger partial charge in [-0.15, -0.1) is 0 Å². The monoisotopic (exact) mass is 277 g/mol. The van der Waals surface area contributed by atoms with Crippen LogP contribution in [-0.4, -0.2) is 32.3 Å². The van der Waals surface area contributed by atoms with E-state index in [9.17, 15) is 4.79 Å². The summed E-state index contributed by atoms with van der Waals surface area (Å²) in [5.41, 5.74) is 8.76. The standard InChI is InChI=1S/C13H19N5O2/c1-5-9-15-10(13(19)20-6-2)12(14)18(9)11-7(3)16-17-8(11)4/h5-6,14H2,1-4H3,(H,16,17). The van der Waals surface area contributed by atoms with E-state index in [1.54, 1.807) is 11.5 Å². The molecule has 0 aliphatic rings. The Bertz CT molecular complexity index is 622. The number of carbonyl (C=O) groups is 1. The Labute approximate surface area is 117 Å². The third kappa shape index (κ3) is 2.15. The van der Waals surface area contributed by atoms with E-state index < -0.39 is 5.97 Å². The molecule has 0 aliphatic carbocycles. The molecule has 0 bridgehead atoms. The maximum atomic E-state index is 11.9. The van der Waals surface area contributed by atoms with Gasteiger partial charge in [0.15, 0.2) is 5.69 Å². The lowest BCUT2D eigenvalue weighted by atomic mass is 10.3. The SMILES string of the molecule is CCOC(=O)c1nc(CC)n(-c2c(C)n[nH]c2C)c1N. The quantitative estimate of drug-likeness (QED) is 0.826. The van der Waals surface area contributed by atoms with Gasteiger partial charge in [-0.05, 0) is 20.8 Å². The zero-order chi connectivity index (χ0) is 14.9. The second-order valence-electron chi connectivity index (χ2n) is 4.45. The number of ether oxygens (including phenoxy) is 1. The highest BCUT2D eigenvalue weighted by molar-refractivity contribution is 5.92. The van der Waals surface area contributed by atoms with Gasteiger partial charge in [0.25, 0.3) is 0 Å². The maximum Gasteiger partial charge on any atom is 0.360 e. The number of nitrogens with two attached hydrogens (primary N) is 1. The van der Waals surface area contributed by atoms with E-state index in [0.29, 0.717) is 12.2 Å². The first-order valence-corrected chi connectivity index (χ1v) is 6.57. The summed E-state index contributed by atoms with van der Waals surface area (Å²) in [6.45, 7) is 7.77. The van der Waals surface area contributed by atoms with Gasteiger partial charge in [-0.2, -0.15) is 5.10 Å². The van der Waals surface area contributed by atoms with Crippen molar-refractivity contribution < 1.29 is 9.53 Å². The lowest BCUT2D eigenvalue weighted by Crippen LogP contribution is -2.10. The number of hydrogen-bond donors (Lipinski definition) is 2. The maximum absolute atomic E-state index is 11.9. The molecule has 3 N–H and O–H groups in total. The fraction of sp³-hybridized carbons (Fsp3) is 0.462. The molecule has 2 aromatic rings. The Morgan fingerprint density at radius 1 is 1.40 bits per heavy atom. The number of nitrogens with one attached hydrogen (secondary N) is 1. The van der Waals surface area contributed by atoms with E-state index in [-0.39, 0.29) is 18.1 Å². The Morgan fingerprint density at radius 3 is 2.60 bits per heavy atom. The fourth-order valence-corrected chi connectivity index (χ4v) is 2.19. The number of carbonyl (C=O) groups excluding carboxylic acids is 1. The van der Waals surface area contributed by atoms with Crippen LogP contribution in [0.15, 0.2) is 0 Å². The number of imidazole rings is 1. The number of H-pyrrole nitrogens is 1. The molecular formula is C13H19N5O2. The number of anilines is 1. The fourth-order valence-electron chi connectivity index (χ4n) is 2.19. The van der Waals surface area contributed by atoms with Crippen molar-refractivity contribution in [1.29, 1.82) is 0 Å². The third-order valence-electron chi connectivity index (χ3n) is 3.08. The number of rotatable bonds is 4. The zero-order valence-corrected chi connectivity index (χ0v) is 12.1. The molecule has 108 valence electrons. The number of hydrogen-bond acceptors (Lipinski definition) is 5. The highest BCUT2D eigenvalue weighted by Crippen LogP contribution is 2.25. The Kier molecular flexibility index (Phi) is 3.78. The van der Waals surface area contributed by atoms with Gasteiger partial charge in [-0.3, -0.25) is 9.67 Å². The van der Waals surface area contributed by atoms with Crippen LogP contribution in [0.3, 0.4) is 0 Å². The zero-order valence-electron chi connectivity index (χ0n) is 12.1. The second kappa shape index (κ2) is 5.36. The average Bonchev–Trinajstić information content (AvgIpc) is 2.90. The summed E-state index contributed by atoms with van der Waals surface area (Å²) in [4.78, 5) is 16.2. The number of aromatic nitrogens is 4. The van der Waals surface area contributed by atoms with Crippen molar-refractivity contribution in [2.75, 3.05) is 12.3 Å². The predicted molar refractivity (Wildman–Crippen MR) is 74.9 cm³/mol. The van der Waals surface area contributed by atoms with Crippen LogP contribution in [0.25, 0.3) is 5.69 Å². The lowest BCUT2D eigenvalue weighted by molar-refractivity contribution is 0.0521. The molecule has 2 aromatic heterocycles. The van der Waals surface area contributed by atoms with E-state index in [1.165, 1.54) is 0 Å². The normalized spacial score (nSPS) is 10.8. The predicted octanol–water partition coefficient (Wildman–Crippen LogP) is 1.53. The molecule has 20 heavy (non-hydrogen) atoms. The summed E-state index contributed by atoms with van der Waals surface area (Å²) in [7, 11) is 0. The molecule has 0 aliphatic heterocycles. The Balaban J connectivity index is 2.62. The van der Waals surface area contributed by atoms with Crippen molar-refractivity contribution in [3.8, 4) is 5.69 Å². The van der Waals surface area contributed by atoms with Crippen LogP contribution in [0.4, 0.5) is 5.82 Å². The van der Waals surface area contributed by atoms with Crippen molar-refractivity contribution in [3.05, 3.63) is 22.9 Å². The topological polar surface area (TPSA) is 98.8 Å². The van der Waals surface area contributed by atoms with Crippen molar-refractivity contribution in [1.82, 2.24) is 19.7 Å². The molecule has 0 unspecified atom stereocenters. The van der Waals surface area contributed by atoms with Gasteiger partial charge >= 0.3 is 5.97 Å². The van der Waals surface area contributed by atoms with E-state index >= 15 is 0 Å². The van der Waals surface area contributed by atoms with Gasteiger partial charge in [0, 0.05) is 6.42 Å². The van der Waals surface area contributed by atoms with Crippen LogP contribution in [0.2, 0.25) is 0 Å². The molecule has 0 saturated heterocycles. The van der Waals surface area contributed by atoms with Gasteiger partial charge in [0.2, 0.25) is 0 Å². The number of esters is 1. The first kappa shape index (κ1) is 14.1. The minimum atomic E-state index is -0.503. The molecule has 7 nitrogen and oxygen atoms in total. The van der Waals surface area contributed by atoms with Crippen molar-refractivity contribution in [2.45, 2.75) is 34.1 Å². The number of nitrogens with zero attached hydrogens (tertiary/aromatic N) is 3. The van der Waals surface area contributed by atoms with E-state index in [0.717, 1.165) is 17.1 Å². The molecule has 0 amide bonds. The molecule has 0 radical (unpaired) electrons. The van der Waals surface area contributed by atoms with Crippen molar-refractivity contribution in [2.24, 2.45) is 0 Å². The van der Waals surface area contributed by atoms with Crippen molar-refractivity contribution >= 4 is 11.8 Å². The summed E-state index contributed by atoms with van der Waals surface area (Å²) in [5.74, 6) is 0.489. The highest BCUT2D eigenvalue weighted by atomic mass is 16.5. The van der Waals surface area contributed by atoms with Gasteiger partial charge < -0.3 is 10.5 Å². The summed E-state index contributed by atoms with van der Waals surface area (Å²) in [5, 5.41) is 7.06. The molecule has 0 atom stereocenters. The summed E-state index contributed by atoms with van der Waals surface area (Å²) < 4.78 is 6.75. The summed E-state index contributed by atoms with van der Waals surface area (Å²) >= 11 is 0. The van der Waals surface area contributed by atoms with Crippen LogP contribution in [0, 0.1) is 13.8 Å². The van der Waals surface area contributed by atoms with Gasteiger partial charge in [0.1, 0.15) is 11.6 Å². The average molecular weight is 277 g/mol. The molecule has 0 aromatic carbocycles. The first-order chi connectivity index (χ1) is 9.51. The van der Waals surface area contributed by atoms with Crippen LogP contribution in [0.1, 0.15) is 41.5 Å².